The van der Waals surface area contributed by atoms with Crippen LogP contribution in [0.4, 0.5) is 8.78 Å². The van der Waals surface area contributed by atoms with Crippen LogP contribution in [0.2, 0.25) is 0 Å². The molecule has 2 aromatic carbocycles. The summed E-state index contributed by atoms with van der Waals surface area (Å²) in [5.41, 5.74) is 2.15. The molecule has 28 heavy (non-hydrogen) atoms. The Bertz CT molecular complexity index is 945. The second kappa shape index (κ2) is 8.21. The van der Waals surface area contributed by atoms with Crippen LogP contribution in [-0.4, -0.2) is 18.7 Å². The summed E-state index contributed by atoms with van der Waals surface area (Å²) in [6.07, 6.45) is 8.55. The third-order valence-corrected chi connectivity index (χ3v) is 5.68. The van der Waals surface area contributed by atoms with Crippen LogP contribution in [0.15, 0.2) is 42.6 Å². The predicted octanol–water partition coefficient (Wildman–Crippen LogP) is 6.01. The molecule has 0 spiro atoms. The largest absolute Gasteiger partial charge is 0.493 e. The zero-order valence-electron chi connectivity index (χ0n) is 15.9. The summed E-state index contributed by atoms with van der Waals surface area (Å²) in [7, 11) is 1.55. The Hall–Kier alpha value is -2.56. The van der Waals surface area contributed by atoms with Crippen LogP contribution in [0.1, 0.15) is 37.2 Å². The lowest BCUT2D eigenvalue weighted by atomic mass is 9.77. The summed E-state index contributed by atoms with van der Waals surface area (Å²) in [6.45, 7) is 0.432. The molecule has 0 bridgehead atoms. The molecule has 3 aromatic rings. The van der Waals surface area contributed by atoms with Gasteiger partial charge >= 0.3 is 0 Å². The highest BCUT2D eigenvalue weighted by Gasteiger charge is 2.24. The number of hydrogen-bond acceptors (Lipinski definition) is 2. The van der Waals surface area contributed by atoms with Crippen LogP contribution in [-0.2, 0) is 0 Å². The summed E-state index contributed by atoms with van der Waals surface area (Å²) in [4.78, 5) is 3.20. The standard InChI is InChI=1S/C23H24F2NO2/c1-27-22-9-7-18(25)13-23(22)28-11-10-15-2-4-16(5-3-15)20-14-26-21-12-17(24)6-8-19(20)21/h6-10,12-16,26H,2-5,11H2,1H3. The van der Waals surface area contributed by atoms with Crippen molar-refractivity contribution in [2.75, 3.05) is 13.7 Å². The summed E-state index contributed by atoms with van der Waals surface area (Å²) >= 11 is 0. The third-order valence-electron chi connectivity index (χ3n) is 5.68. The highest BCUT2D eigenvalue weighted by atomic mass is 19.1. The van der Waals surface area contributed by atoms with Gasteiger partial charge in [0.1, 0.15) is 11.6 Å². The lowest BCUT2D eigenvalue weighted by Gasteiger charge is -2.28. The lowest BCUT2D eigenvalue weighted by Crippen LogP contribution is -2.16. The molecule has 4 rings (SSSR count). The van der Waals surface area contributed by atoms with Crippen LogP contribution in [0, 0.1) is 24.0 Å². The molecule has 1 aliphatic carbocycles. The fourth-order valence-corrected chi connectivity index (χ4v) is 4.16. The van der Waals surface area contributed by atoms with Gasteiger partial charge in [-0.3, -0.25) is 0 Å². The van der Waals surface area contributed by atoms with E-state index in [-0.39, 0.29) is 11.6 Å². The number of methoxy groups -OCH3 is 1. The Morgan fingerprint density at radius 1 is 1.00 bits per heavy atom. The average molecular weight is 384 g/mol. The first-order chi connectivity index (χ1) is 13.6. The number of fused-ring (bicyclic) bond motifs is 1. The third kappa shape index (κ3) is 3.98. The summed E-state index contributed by atoms with van der Waals surface area (Å²) in [6, 6.07) is 9.23. The number of aromatic amines is 1. The van der Waals surface area contributed by atoms with Crippen LogP contribution >= 0.6 is 0 Å². The number of rotatable bonds is 6. The van der Waals surface area contributed by atoms with Gasteiger partial charge < -0.3 is 14.5 Å². The van der Waals surface area contributed by atoms with E-state index in [1.54, 1.807) is 19.2 Å². The van der Waals surface area contributed by atoms with E-state index in [1.807, 2.05) is 12.3 Å². The highest BCUT2D eigenvalue weighted by Crippen LogP contribution is 2.39. The highest BCUT2D eigenvalue weighted by molar-refractivity contribution is 5.83. The molecule has 0 amide bonds. The number of halogens is 2. The summed E-state index contributed by atoms with van der Waals surface area (Å²) in [5.74, 6) is 1.39. The van der Waals surface area contributed by atoms with Crippen molar-refractivity contribution in [2.24, 2.45) is 5.92 Å². The van der Waals surface area contributed by atoms with E-state index in [1.165, 1.54) is 23.8 Å². The quantitative estimate of drug-likeness (QED) is 0.565. The summed E-state index contributed by atoms with van der Waals surface area (Å²) < 4.78 is 37.7. The second-order valence-corrected chi connectivity index (χ2v) is 7.39. The molecule has 5 heteroatoms. The first-order valence-corrected chi connectivity index (χ1v) is 9.70. The van der Waals surface area contributed by atoms with Crippen LogP contribution in [0.3, 0.4) is 0 Å². The number of aromatic nitrogens is 1. The molecule has 1 heterocycles. The molecular weight excluding hydrogens is 360 g/mol. The Kier molecular flexibility index (Phi) is 5.51. The number of benzene rings is 2. The van der Waals surface area contributed by atoms with Crippen molar-refractivity contribution in [1.29, 1.82) is 0 Å². The van der Waals surface area contributed by atoms with Gasteiger partial charge in [-0.15, -0.1) is 0 Å². The minimum Gasteiger partial charge on any atom is -0.493 e. The fourth-order valence-electron chi connectivity index (χ4n) is 4.16. The van der Waals surface area contributed by atoms with Gasteiger partial charge in [-0.2, -0.15) is 0 Å². The van der Waals surface area contributed by atoms with E-state index in [0.717, 1.165) is 36.6 Å². The van der Waals surface area contributed by atoms with Crippen molar-refractivity contribution in [3.05, 3.63) is 66.2 Å². The summed E-state index contributed by atoms with van der Waals surface area (Å²) in [5, 5.41) is 1.12. The van der Waals surface area contributed by atoms with Crippen molar-refractivity contribution >= 4 is 10.9 Å². The molecule has 1 aliphatic rings. The molecule has 1 fully saturated rings. The van der Waals surface area contributed by atoms with Crippen molar-refractivity contribution in [1.82, 2.24) is 4.98 Å². The zero-order chi connectivity index (χ0) is 19.5. The molecule has 1 aromatic heterocycles. The molecule has 1 N–H and O–H groups in total. The van der Waals surface area contributed by atoms with Gasteiger partial charge in [0.05, 0.1) is 13.7 Å². The normalized spacial score (nSPS) is 19.7. The maximum Gasteiger partial charge on any atom is 0.164 e. The van der Waals surface area contributed by atoms with Gasteiger partial charge in [-0.1, -0.05) is 0 Å². The minimum atomic E-state index is -0.338. The van der Waals surface area contributed by atoms with Gasteiger partial charge in [0.2, 0.25) is 0 Å². The number of nitrogens with one attached hydrogen (secondary N) is 1. The number of H-pyrrole nitrogens is 1. The maximum atomic E-state index is 13.4. The molecule has 3 nitrogen and oxygen atoms in total. The van der Waals surface area contributed by atoms with E-state index in [4.69, 9.17) is 9.47 Å². The first-order valence-electron chi connectivity index (χ1n) is 9.70. The van der Waals surface area contributed by atoms with Crippen LogP contribution in [0.25, 0.3) is 10.9 Å². The number of ether oxygens (including phenoxy) is 2. The predicted molar refractivity (Wildman–Crippen MR) is 106 cm³/mol. The van der Waals surface area contributed by atoms with E-state index in [0.29, 0.717) is 29.9 Å². The molecule has 0 unspecified atom stereocenters. The molecule has 147 valence electrons. The van der Waals surface area contributed by atoms with Crippen LogP contribution in [0.5, 0.6) is 11.5 Å². The van der Waals surface area contributed by atoms with Gasteiger partial charge in [-0.25, -0.2) is 8.78 Å². The van der Waals surface area contributed by atoms with Gasteiger partial charge in [0.15, 0.2) is 11.5 Å². The van der Waals surface area contributed by atoms with E-state index < -0.39 is 0 Å². The Morgan fingerprint density at radius 2 is 1.75 bits per heavy atom. The van der Waals surface area contributed by atoms with Crippen molar-refractivity contribution in [3.8, 4) is 11.5 Å². The van der Waals surface area contributed by atoms with Gasteiger partial charge in [-0.05, 0) is 73.4 Å². The molecule has 0 saturated heterocycles. The van der Waals surface area contributed by atoms with E-state index in [9.17, 15) is 8.78 Å². The van der Waals surface area contributed by atoms with Crippen molar-refractivity contribution < 1.29 is 18.3 Å². The molecule has 1 radical (unpaired) electrons. The maximum absolute atomic E-state index is 13.4. The monoisotopic (exact) mass is 384 g/mol. The van der Waals surface area contributed by atoms with Gasteiger partial charge in [0, 0.05) is 29.6 Å². The SMILES string of the molecule is COc1ccc(F)cc1OC[CH]C1CCC(c2c[nH]c3cc(F)ccc23)CC1. The van der Waals surface area contributed by atoms with Crippen molar-refractivity contribution in [3.63, 3.8) is 0 Å². The Balaban J connectivity index is 1.30. The van der Waals surface area contributed by atoms with E-state index in [2.05, 4.69) is 11.4 Å². The molecule has 1 saturated carbocycles. The Labute approximate surface area is 163 Å². The molecular formula is C23H24F2NO2. The smallest absolute Gasteiger partial charge is 0.164 e. The van der Waals surface area contributed by atoms with Crippen LogP contribution < -0.4 is 9.47 Å². The Morgan fingerprint density at radius 3 is 2.54 bits per heavy atom. The zero-order valence-corrected chi connectivity index (χ0v) is 15.9. The fraction of sp³-hybridized carbons (Fsp3) is 0.348. The topological polar surface area (TPSA) is 34.2 Å². The van der Waals surface area contributed by atoms with Gasteiger partial charge in [0.25, 0.3) is 0 Å². The molecule has 0 aliphatic heterocycles. The average Bonchev–Trinajstić information content (AvgIpc) is 3.12. The lowest BCUT2D eigenvalue weighted by molar-refractivity contribution is 0.280. The van der Waals surface area contributed by atoms with Crippen molar-refractivity contribution in [2.45, 2.75) is 31.6 Å². The minimum absolute atomic E-state index is 0.214. The molecule has 0 atom stereocenters. The first kappa shape index (κ1) is 18.8. The second-order valence-electron chi connectivity index (χ2n) is 7.39. The van der Waals surface area contributed by atoms with E-state index >= 15 is 0 Å². The number of hydrogen-bond donors (Lipinski definition) is 1.